The Hall–Kier alpha value is -0.860. The van der Waals surface area contributed by atoms with Gasteiger partial charge in [-0.05, 0) is 18.4 Å². The summed E-state index contributed by atoms with van der Waals surface area (Å²) in [6.07, 6.45) is 10.5. The summed E-state index contributed by atoms with van der Waals surface area (Å²) in [6, 6.07) is 10.4. The van der Waals surface area contributed by atoms with E-state index in [0.29, 0.717) is 6.61 Å². The van der Waals surface area contributed by atoms with Gasteiger partial charge < -0.3 is 9.47 Å². The Morgan fingerprint density at radius 3 is 2.40 bits per heavy atom. The lowest BCUT2D eigenvalue weighted by atomic mass is 10.1. The van der Waals surface area contributed by atoms with Crippen molar-refractivity contribution < 1.29 is 9.47 Å². The number of hydrogen-bond acceptors (Lipinski definition) is 2. The van der Waals surface area contributed by atoms with Crippen LogP contribution in [0.25, 0.3) is 0 Å². The molecule has 1 saturated heterocycles. The predicted molar refractivity (Wildman–Crippen MR) is 82.6 cm³/mol. The molecule has 2 heteroatoms. The number of rotatable bonds is 9. The fourth-order valence-corrected chi connectivity index (χ4v) is 2.72. The molecule has 0 amide bonds. The highest BCUT2D eigenvalue weighted by Gasteiger charge is 2.26. The predicted octanol–water partition coefficient (Wildman–Crippen LogP) is 5.24. The van der Waals surface area contributed by atoms with Crippen molar-refractivity contribution in [3.05, 3.63) is 35.9 Å². The van der Waals surface area contributed by atoms with E-state index < -0.39 is 0 Å². The fourth-order valence-electron chi connectivity index (χ4n) is 2.72. The lowest BCUT2D eigenvalue weighted by molar-refractivity contribution is -0.0637. The summed E-state index contributed by atoms with van der Waals surface area (Å²) in [5.41, 5.74) is 1.23. The van der Waals surface area contributed by atoms with Gasteiger partial charge in [0.15, 0.2) is 6.29 Å². The van der Waals surface area contributed by atoms with Crippen molar-refractivity contribution >= 4 is 0 Å². The Bertz CT molecular complexity index is 350. The van der Waals surface area contributed by atoms with E-state index in [4.69, 9.17) is 9.47 Å². The Morgan fingerprint density at radius 1 is 0.950 bits per heavy atom. The molecular formula is C18H28O2. The Kier molecular flexibility index (Phi) is 7.10. The molecule has 1 aliphatic heterocycles. The maximum Gasteiger partial charge on any atom is 0.158 e. The fraction of sp³-hybridized carbons (Fsp3) is 0.667. The van der Waals surface area contributed by atoms with Crippen LogP contribution < -0.4 is 0 Å². The standard InChI is InChI=1S/C18H28O2/c1-2-3-4-5-6-7-11-14-18-19-15-17(20-18)16-12-9-8-10-13-16/h8-10,12-13,17-18H,2-7,11,14-15H2,1H3/t17-,18-/m1/s1. The number of hydrogen-bond donors (Lipinski definition) is 0. The molecule has 1 heterocycles. The smallest absolute Gasteiger partial charge is 0.158 e. The first-order chi connectivity index (χ1) is 9.90. The van der Waals surface area contributed by atoms with Crippen LogP contribution in [0.3, 0.4) is 0 Å². The zero-order valence-electron chi connectivity index (χ0n) is 12.7. The minimum atomic E-state index is 0.0100. The Morgan fingerprint density at radius 2 is 1.65 bits per heavy atom. The second-order valence-electron chi connectivity index (χ2n) is 5.71. The Labute approximate surface area is 123 Å². The van der Waals surface area contributed by atoms with Crippen LogP contribution in [0.1, 0.15) is 70.0 Å². The zero-order chi connectivity index (χ0) is 14.0. The highest BCUT2D eigenvalue weighted by atomic mass is 16.7. The van der Waals surface area contributed by atoms with E-state index in [1.807, 2.05) is 6.07 Å². The molecule has 0 aliphatic carbocycles. The molecule has 2 nitrogen and oxygen atoms in total. The molecule has 20 heavy (non-hydrogen) atoms. The minimum Gasteiger partial charge on any atom is -0.350 e. The highest BCUT2D eigenvalue weighted by Crippen LogP contribution is 2.28. The average Bonchev–Trinajstić information content (AvgIpc) is 2.96. The van der Waals surface area contributed by atoms with Gasteiger partial charge >= 0.3 is 0 Å². The summed E-state index contributed by atoms with van der Waals surface area (Å²) in [5, 5.41) is 0. The zero-order valence-corrected chi connectivity index (χ0v) is 12.7. The molecule has 0 radical (unpaired) electrons. The SMILES string of the molecule is CCCCCCCCC[C@@H]1OC[C@H](c2ccccc2)O1. The average molecular weight is 276 g/mol. The molecule has 1 aromatic carbocycles. The third-order valence-electron chi connectivity index (χ3n) is 3.96. The van der Waals surface area contributed by atoms with Crippen molar-refractivity contribution in [1.82, 2.24) is 0 Å². The van der Waals surface area contributed by atoms with Gasteiger partial charge in [0.25, 0.3) is 0 Å². The summed E-state index contributed by atoms with van der Waals surface area (Å²) in [5.74, 6) is 0. The van der Waals surface area contributed by atoms with Crippen molar-refractivity contribution in [3.63, 3.8) is 0 Å². The maximum atomic E-state index is 5.97. The number of unbranched alkanes of at least 4 members (excludes halogenated alkanes) is 6. The van der Waals surface area contributed by atoms with Crippen molar-refractivity contribution in [3.8, 4) is 0 Å². The van der Waals surface area contributed by atoms with E-state index in [9.17, 15) is 0 Å². The van der Waals surface area contributed by atoms with E-state index in [0.717, 1.165) is 6.42 Å². The molecule has 0 spiro atoms. The van der Waals surface area contributed by atoms with Gasteiger partial charge in [0.2, 0.25) is 0 Å². The van der Waals surface area contributed by atoms with Gasteiger partial charge in [-0.3, -0.25) is 0 Å². The van der Waals surface area contributed by atoms with Crippen LogP contribution in [0, 0.1) is 0 Å². The molecule has 1 aliphatic rings. The van der Waals surface area contributed by atoms with Crippen LogP contribution in [0.4, 0.5) is 0 Å². The number of ether oxygens (including phenoxy) is 2. The third kappa shape index (κ3) is 5.26. The van der Waals surface area contributed by atoms with E-state index >= 15 is 0 Å². The van der Waals surface area contributed by atoms with Gasteiger partial charge in [0.05, 0.1) is 6.61 Å². The summed E-state index contributed by atoms with van der Waals surface area (Å²) in [4.78, 5) is 0. The van der Waals surface area contributed by atoms with E-state index in [-0.39, 0.29) is 12.4 Å². The second-order valence-corrected chi connectivity index (χ2v) is 5.71. The largest absolute Gasteiger partial charge is 0.350 e. The first-order valence-corrected chi connectivity index (χ1v) is 8.22. The quantitative estimate of drug-likeness (QED) is 0.574. The molecule has 1 fully saturated rings. The lowest BCUT2D eigenvalue weighted by Gasteiger charge is -2.11. The first kappa shape index (κ1) is 15.5. The molecule has 112 valence electrons. The molecule has 0 N–H and O–H groups in total. The van der Waals surface area contributed by atoms with Gasteiger partial charge in [-0.1, -0.05) is 75.8 Å². The monoisotopic (exact) mass is 276 g/mol. The molecule has 0 aromatic heterocycles. The molecule has 2 rings (SSSR count). The van der Waals surface area contributed by atoms with Gasteiger partial charge in [0, 0.05) is 0 Å². The van der Waals surface area contributed by atoms with Crippen molar-refractivity contribution in [1.29, 1.82) is 0 Å². The molecule has 2 atom stereocenters. The van der Waals surface area contributed by atoms with Gasteiger partial charge in [-0.15, -0.1) is 0 Å². The van der Waals surface area contributed by atoms with Crippen molar-refractivity contribution in [2.24, 2.45) is 0 Å². The van der Waals surface area contributed by atoms with Gasteiger partial charge in [0.1, 0.15) is 6.10 Å². The third-order valence-corrected chi connectivity index (χ3v) is 3.96. The van der Waals surface area contributed by atoms with Crippen LogP contribution in [-0.2, 0) is 9.47 Å². The summed E-state index contributed by atoms with van der Waals surface area (Å²) in [6.45, 7) is 2.96. The van der Waals surface area contributed by atoms with Crippen LogP contribution in [0.15, 0.2) is 30.3 Å². The van der Waals surface area contributed by atoms with Gasteiger partial charge in [-0.25, -0.2) is 0 Å². The second kappa shape index (κ2) is 9.15. The molecule has 1 aromatic rings. The van der Waals surface area contributed by atoms with E-state index in [2.05, 4.69) is 31.2 Å². The van der Waals surface area contributed by atoms with Gasteiger partial charge in [-0.2, -0.15) is 0 Å². The molecule has 0 bridgehead atoms. The normalized spacial score (nSPS) is 22.2. The molecule has 0 unspecified atom stereocenters. The lowest BCUT2D eigenvalue weighted by Crippen LogP contribution is -2.07. The van der Waals surface area contributed by atoms with E-state index in [1.165, 1.54) is 50.5 Å². The summed E-state index contributed by atoms with van der Waals surface area (Å²) < 4.78 is 11.7. The molecule has 0 saturated carbocycles. The summed E-state index contributed by atoms with van der Waals surface area (Å²) >= 11 is 0. The van der Waals surface area contributed by atoms with Crippen molar-refractivity contribution in [2.45, 2.75) is 70.7 Å². The summed E-state index contributed by atoms with van der Waals surface area (Å²) in [7, 11) is 0. The topological polar surface area (TPSA) is 18.5 Å². The van der Waals surface area contributed by atoms with Crippen LogP contribution in [0.5, 0.6) is 0 Å². The van der Waals surface area contributed by atoms with Crippen LogP contribution in [0.2, 0.25) is 0 Å². The van der Waals surface area contributed by atoms with Crippen LogP contribution >= 0.6 is 0 Å². The van der Waals surface area contributed by atoms with Crippen molar-refractivity contribution in [2.75, 3.05) is 6.61 Å². The Balaban J connectivity index is 1.55. The van der Waals surface area contributed by atoms with Crippen LogP contribution in [-0.4, -0.2) is 12.9 Å². The number of benzene rings is 1. The highest BCUT2D eigenvalue weighted by molar-refractivity contribution is 5.18. The van der Waals surface area contributed by atoms with E-state index in [1.54, 1.807) is 0 Å². The maximum absolute atomic E-state index is 5.97. The first-order valence-electron chi connectivity index (χ1n) is 8.22. The molecular weight excluding hydrogens is 248 g/mol. The minimum absolute atomic E-state index is 0.0100.